The van der Waals surface area contributed by atoms with Gasteiger partial charge in [-0.25, -0.2) is 0 Å². The van der Waals surface area contributed by atoms with Gasteiger partial charge in [0.1, 0.15) is 0 Å². The molecule has 6 heteroatoms. The summed E-state index contributed by atoms with van der Waals surface area (Å²) in [6, 6.07) is 5.80. The molecule has 0 N–H and O–H groups in total. The van der Waals surface area contributed by atoms with Crippen molar-refractivity contribution in [1.82, 2.24) is 0 Å². The van der Waals surface area contributed by atoms with Crippen molar-refractivity contribution < 1.29 is 13.0 Å². The van der Waals surface area contributed by atoms with Crippen molar-refractivity contribution in [2.24, 2.45) is 0 Å². The molecule has 3 nitrogen and oxygen atoms in total. The predicted octanol–water partition coefficient (Wildman–Crippen LogP) is 4.82. The highest BCUT2D eigenvalue weighted by molar-refractivity contribution is 7.65. The van der Waals surface area contributed by atoms with Gasteiger partial charge in [0.15, 0.2) is 16.6 Å². The van der Waals surface area contributed by atoms with E-state index in [1.807, 2.05) is 71.3 Å². The summed E-state index contributed by atoms with van der Waals surface area (Å²) in [5.41, 5.74) is 2.29. The second-order valence-electron chi connectivity index (χ2n) is 7.17. The molecule has 0 heterocycles. The molecule has 0 saturated heterocycles. The van der Waals surface area contributed by atoms with Gasteiger partial charge < -0.3 is 8.43 Å². The first-order valence-corrected chi connectivity index (χ1v) is 15.3. The molecule has 0 aromatic heterocycles. The molecule has 0 bridgehead atoms. The molecule has 0 aliphatic heterocycles. The summed E-state index contributed by atoms with van der Waals surface area (Å²) in [6.45, 7) is 16.3. The number of hydrogen-bond donors (Lipinski definition) is 0. The largest absolute Gasteiger partial charge is 0.348 e. The molecular formula is C14H27O3PSi2. The van der Waals surface area contributed by atoms with Crippen LogP contribution in [0.15, 0.2) is 18.2 Å². The van der Waals surface area contributed by atoms with Crippen LogP contribution in [0.2, 0.25) is 39.3 Å². The van der Waals surface area contributed by atoms with Crippen LogP contribution in [0.4, 0.5) is 0 Å². The zero-order chi connectivity index (χ0) is 15.8. The molecule has 0 saturated carbocycles. The highest BCUT2D eigenvalue weighted by atomic mass is 31.2. The van der Waals surface area contributed by atoms with Crippen molar-refractivity contribution in [1.29, 1.82) is 0 Å². The molecule has 0 aliphatic rings. The third-order valence-electron chi connectivity index (χ3n) is 2.59. The third-order valence-corrected chi connectivity index (χ3v) is 9.81. The number of aryl methyl sites for hydroxylation is 2. The lowest BCUT2D eigenvalue weighted by Gasteiger charge is -2.31. The Labute approximate surface area is 125 Å². The van der Waals surface area contributed by atoms with Crippen molar-refractivity contribution in [3.8, 4) is 0 Å². The fourth-order valence-electron chi connectivity index (χ4n) is 1.74. The molecule has 0 radical (unpaired) electrons. The molecule has 0 amide bonds. The van der Waals surface area contributed by atoms with Crippen LogP contribution in [0, 0.1) is 13.8 Å². The van der Waals surface area contributed by atoms with Gasteiger partial charge in [0, 0.05) is 0 Å². The van der Waals surface area contributed by atoms with E-state index in [0.717, 1.165) is 5.56 Å². The fraction of sp³-hybridized carbons (Fsp3) is 0.571. The van der Waals surface area contributed by atoms with Crippen molar-refractivity contribution in [2.45, 2.75) is 53.1 Å². The van der Waals surface area contributed by atoms with Crippen LogP contribution in [-0.2, 0) is 13.0 Å². The van der Waals surface area contributed by atoms with E-state index in [1.165, 1.54) is 5.56 Å². The van der Waals surface area contributed by atoms with E-state index in [9.17, 15) is 4.57 Å². The minimum absolute atomic E-state index is 0.686. The minimum Gasteiger partial charge on any atom is -0.348 e. The van der Waals surface area contributed by atoms with Crippen LogP contribution >= 0.6 is 7.60 Å². The number of benzene rings is 1. The molecule has 0 atom stereocenters. The van der Waals surface area contributed by atoms with E-state index >= 15 is 0 Å². The van der Waals surface area contributed by atoms with Crippen LogP contribution in [-0.4, -0.2) is 16.6 Å². The zero-order valence-electron chi connectivity index (χ0n) is 13.9. The van der Waals surface area contributed by atoms with Crippen LogP contribution in [0.5, 0.6) is 0 Å². The average molecular weight is 331 g/mol. The van der Waals surface area contributed by atoms with Gasteiger partial charge in [-0.05, 0) is 76.4 Å². The molecule has 0 spiro atoms. The molecule has 20 heavy (non-hydrogen) atoms. The van der Waals surface area contributed by atoms with E-state index in [0.29, 0.717) is 5.30 Å². The molecular weight excluding hydrogens is 303 g/mol. The van der Waals surface area contributed by atoms with Crippen molar-refractivity contribution >= 4 is 29.5 Å². The Bertz CT molecular complexity index is 510. The monoisotopic (exact) mass is 330 g/mol. The first-order chi connectivity index (χ1) is 8.82. The summed E-state index contributed by atoms with van der Waals surface area (Å²) in [5.74, 6) is 0. The van der Waals surface area contributed by atoms with Crippen molar-refractivity contribution in [2.75, 3.05) is 0 Å². The van der Waals surface area contributed by atoms with Crippen LogP contribution in [0.1, 0.15) is 11.1 Å². The summed E-state index contributed by atoms with van der Waals surface area (Å²) in [4.78, 5) is 0. The smallest absolute Gasteiger partial charge is 0.342 e. The summed E-state index contributed by atoms with van der Waals surface area (Å²) in [7, 11) is -7.18. The highest BCUT2D eigenvalue weighted by Gasteiger charge is 2.38. The minimum atomic E-state index is -3.24. The Morgan fingerprint density at radius 3 is 1.65 bits per heavy atom. The number of hydrogen-bond acceptors (Lipinski definition) is 3. The van der Waals surface area contributed by atoms with E-state index in [4.69, 9.17) is 8.43 Å². The maximum absolute atomic E-state index is 13.3. The molecule has 1 aromatic rings. The van der Waals surface area contributed by atoms with Gasteiger partial charge in [-0.3, -0.25) is 4.57 Å². The van der Waals surface area contributed by atoms with Crippen LogP contribution in [0.3, 0.4) is 0 Å². The van der Waals surface area contributed by atoms with Gasteiger partial charge in [0.2, 0.25) is 0 Å². The zero-order valence-corrected chi connectivity index (χ0v) is 16.8. The van der Waals surface area contributed by atoms with Gasteiger partial charge in [-0.15, -0.1) is 0 Å². The lowest BCUT2D eigenvalue weighted by atomic mass is 10.1. The van der Waals surface area contributed by atoms with E-state index in [2.05, 4.69) is 0 Å². The van der Waals surface area contributed by atoms with E-state index in [1.54, 1.807) is 0 Å². The standard InChI is InChI=1S/C14H27O3PSi2/c1-12-9-10-14(11-13(12)2)18(15,16-19(3,4)5)17-20(6,7)8/h9-11H,1-8H3. The summed E-state index contributed by atoms with van der Waals surface area (Å²) in [5, 5.41) is 0.686. The summed E-state index contributed by atoms with van der Waals surface area (Å²) >= 11 is 0. The molecule has 0 unspecified atom stereocenters. The number of rotatable bonds is 5. The lowest BCUT2D eigenvalue weighted by Crippen LogP contribution is -2.33. The van der Waals surface area contributed by atoms with Crippen LogP contribution < -0.4 is 5.30 Å². The second kappa shape index (κ2) is 5.89. The SMILES string of the molecule is Cc1ccc(P(=O)(O[Si](C)(C)C)O[Si](C)(C)C)cc1C. The van der Waals surface area contributed by atoms with E-state index in [-0.39, 0.29) is 0 Å². The van der Waals surface area contributed by atoms with Crippen LogP contribution in [0.25, 0.3) is 0 Å². The Hall–Kier alpha value is -0.196. The van der Waals surface area contributed by atoms with Gasteiger partial charge in [0.05, 0.1) is 5.30 Å². The normalized spacial score (nSPS) is 13.6. The van der Waals surface area contributed by atoms with Gasteiger partial charge in [-0.2, -0.15) is 0 Å². The summed E-state index contributed by atoms with van der Waals surface area (Å²) < 4.78 is 25.3. The topological polar surface area (TPSA) is 35.5 Å². The quantitative estimate of drug-likeness (QED) is 0.573. The molecule has 1 aromatic carbocycles. The Morgan fingerprint density at radius 1 is 0.850 bits per heavy atom. The van der Waals surface area contributed by atoms with Gasteiger partial charge >= 0.3 is 7.60 Å². The van der Waals surface area contributed by atoms with Crippen molar-refractivity contribution in [3.05, 3.63) is 29.3 Å². The van der Waals surface area contributed by atoms with Crippen molar-refractivity contribution in [3.63, 3.8) is 0 Å². The Balaban J connectivity index is 3.29. The second-order valence-corrected chi connectivity index (χ2v) is 18.6. The third kappa shape index (κ3) is 5.30. The van der Waals surface area contributed by atoms with Gasteiger partial charge in [-0.1, -0.05) is 6.07 Å². The summed E-state index contributed by atoms with van der Waals surface area (Å²) in [6.07, 6.45) is 0. The molecule has 0 fully saturated rings. The predicted molar refractivity (Wildman–Crippen MR) is 92.0 cm³/mol. The first kappa shape index (κ1) is 17.9. The maximum atomic E-state index is 13.3. The molecule has 0 aliphatic carbocycles. The van der Waals surface area contributed by atoms with E-state index < -0.39 is 24.2 Å². The maximum Gasteiger partial charge on any atom is 0.342 e. The fourth-order valence-corrected chi connectivity index (χ4v) is 9.45. The van der Waals surface area contributed by atoms with Gasteiger partial charge in [0.25, 0.3) is 0 Å². The Kier molecular flexibility index (Phi) is 5.26. The molecule has 114 valence electrons. The molecule has 1 rings (SSSR count). The highest BCUT2D eigenvalue weighted by Crippen LogP contribution is 2.52. The first-order valence-electron chi connectivity index (χ1n) is 6.92. The lowest BCUT2D eigenvalue weighted by molar-refractivity contribution is 0.396. The Morgan fingerprint density at radius 2 is 1.30 bits per heavy atom. The average Bonchev–Trinajstić information content (AvgIpc) is 2.16.